The number of methoxy groups -OCH3 is 1. The molecule has 0 spiro atoms. The van der Waals surface area contributed by atoms with Gasteiger partial charge in [-0.3, -0.25) is 4.79 Å². The molecule has 1 fully saturated rings. The molecule has 1 aromatic carbocycles. The summed E-state index contributed by atoms with van der Waals surface area (Å²) in [4.78, 5) is 12.5. The monoisotopic (exact) mass is 339 g/mol. The maximum Gasteiger partial charge on any atom is 0.141 e. The van der Waals surface area contributed by atoms with Gasteiger partial charge < -0.3 is 10.5 Å². The van der Waals surface area contributed by atoms with Gasteiger partial charge in [-0.25, -0.2) is 0 Å². The van der Waals surface area contributed by atoms with Crippen molar-refractivity contribution in [3.05, 3.63) is 28.2 Å². The summed E-state index contributed by atoms with van der Waals surface area (Å²) in [5.41, 5.74) is 7.15. The molecule has 2 N–H and O–H groups in total. The molecule has 20 heavy (non-hydrogen) atoms. The van der Waals surface area contributed by atoms with Crippen LogP contribution in [0.25, 0.3) is 0 Å². The lowest BCUT2D eigenvalue weighted by atomic mass is 9.88. The summed E-state index contributed by atoms with van der Waals surface area (Å²) in [6.07, 6.45) is 5.78. The fourth-order valence-corrected chi connectivity index (χ4v) is 3.26. The molecule has 0 aliphatic heterocycles. The third kappa shape index (κ3) is 3.83. The smallest absolute Gasteiger partial charge is 0.141 e. The fourth-order valence-electron chi connectivity index (χ4n) is 2.87. The number of rotatable bonds is 4. The molecule has 1 aromatic rings. The first-order chi connectivity index (χ1) is 9.61. The van der Waals surface area contributed by atoms with Gasteiger partial charge in [-0.2, -0.15) is 0 Å². The zero-order valence-corrected chi connectivity index (χ0v) is 13.5. The van der Waals surface area contributed by atoms with Crippen molar-refractivity contribution in [2.24, 2.45) is 11.7 Å². The highest BCUT2D eigenvalue weighted by Gasteiger charge is 2.27. The summed E-state index contributed by atoms with van der Waals surface area (Å²) in [5, 5.41) is 0. The number of ketones is 1. The van der Waals surface area contributed by atoms with Gasteiger partial charge in [0.25, 0.3) is 0 Å². The van der Waals surface area contributed by atoms with Crippen LogP contribution in [-0.4, -0.2) is 18.9 Å². The lowest BCUT2D eigenvalue weighted by Crippen LogP contribution is -2.35. The highest BCUT2D eigenvalue weighted by molar-refractivity contribution is 9.10. The van der Waals surface area contributed by atoms with Crippen molar-refractivity contribution >= 4 is 21.7 Å². The van der Waals surface area contributed by atoms with E-state index in [1.807, 2.05) is 18.2 Å². The highest BCUT2D eigenvalue weighted by Crippen LogP contribution is 2.27. The Balaban J connectivity index is 2.10. The predicted molar refractivity (Wildman–Crippen MR) is 84.0 cm³/mol. The molecule has 2 rings (SSSR count). The van der Waals surface area contributed by atoms with Gasteiger partial charge in [0.15, 0.2) is 0 Å². The maximum atomic E-state index is 12.5. The summed E-state index contributed by atoms with van der Waals surface area (Å²) in [7, 11) is 1.63. The van der Waals surface area contributed by atoms with Gasteiger partial charge in [-0.05, 0) is 36.6 Å². The van der Waals surface area contributed by atoms with E-state index in [1.54, 1.807) is 7.11 Å². The average Bonchev–Trinajstić information content (AvgIpc) is 2.66. The largest absolute Gasteiger partial charge is 0.497 e. The van der Waals surface area contributed by atoms with Crippen molar-refractivity contribution in [2.45, 2.75) is 44.6 Å². The van der Waals surface area contributed by atoms with Crippen molar-refractivity contribution in [1.29, 1.82) is 0 Å². The van der Waals surface area contributed by atoms with Crippen LogP contribution in [0.3, 0.4) is 0 Å². The van der Waals surface area contributed by atoms with Gasteiger partial charge >= 0.3 is 0 Å². The van der Waals surface area contributed by atoms with Gasteiger partial charge in [0.05, 0.1) is 7.11 Å². The van der Waals surface area contributed by atoms with Crippen LogP contribution >= 0.6 is 15.9 Å². The van der Waals surface area contributed by atoms with Crippen molar-refractivity contribution in [1.82, 2.24) is 0 Å². The first kappa shape index (κ1) is 15.5. The highest BCUT2D eigenvalue weighted by atomic mass is 79.9. The molecule has 1 aliphatic carbocycles. The average molecular weight is 340 g/mol. The van der Waals surface area contributed by atoms with Crippen LogP contribution < -0.4 is 10.5 Å². The minimum atomic E-state index is 0.00982. The Morgan fingerprint density at radius 2 is 2.10 bits per heavy atom. The first-order valence-electron chi connectivity index (χ1n) is 7.22. The summed E-state index contributed by atoms with van der Waals surface area (Å²) in [6, 6.07) is 5.75. The molecule has 2 atom stereocenters. The van der Waals surface area contributed by atoms with E-state index >= 15 is 0 Å². The Hall–Kier alpha value is -0.870. The van der Waals surface area contributed by atoms with Crippen molar-refractivity contribution < 1.29 is 9.53 Å². The van der Waals surface area contributed by atoms with Gasteiger partial charge in [-0.1, -0.05) is 35.2 Å². The number of nitrogens with two attached hydrogens (primary N) is 1. The SMILES string of the molecule is COc1ccc(Br)c(CC(=O)C2CCCCCC2N)c1. The van der Waals surface area contributed by atoms with Crippen LogP contribution in [0.15, 0.2) is 22.7 Å². The van der Waals surface area contributed by atoms with Crippen molar-refractivity contribution in [3.63, 3.8) is 0 Å². The van der Waals surface area contributed by atoms with Crippen LogP contribution in [0.2, 0.25) is 0 Å². The number of benzene rings is 1. The molecule has 0 radical (unpaired) electrons. The zero-order chi connectivity index (χ0) is 14.5. The summed E-state index contributed by atoms with van der Waals surface area (Å²) < 4.78 is 6.17. The van der Waals surface area contributed by atoms with E-state index in [1.165, 1.54) is 6.42 Å². The summed E-state index contributed by atoms with van der Waals surface area (Å²) in [5.74, 6) is 1.05. The van der Waals surface area contributed by atoms with Gasteiger partial charge in [-0.15, -0.1) is 0 Å². The Morgan fingerprint density at radius 3 is 2.85 bits per heavy atom. The van der Waals surface area contributed by atoms with Crippen LogP contribution in [0.5, 0.6) is 5.75 Å². The molecule has 2 unspecified atom stereocenters. The normalized spacial score (nSPS) is 23.1. The predicted octanol–water partition coefficient (Wildman–Crippen LogP) is 3.48. The Bertz CT molecular complexity index is 476. The van der Waals surface area contributed by atoms with Gasteiger partial charge in [0, 0.05) is 22.9 Å². The Labute approximate surface area is 129 Å². The van der Waals surface area contributed by atoms with Crippen molar-refractivity contribution in [3.8, 4) is 5.75 Å². The number of carbonyl (C=O) groups excluding carboxylic acids is 1. The van der Waals surface area contributed by atoms with Crippen LogP contribution in [0, 0.1) is 5.92 Å². The van der Waals surface area contributed by atoms with E-state index in [0.717, 1.165) is 41.5 Å². The Kier molecular flexibility index (Phi) is 5.61. The maximum absolute atomic E-state index is 12.5. The standard InChI is InChI=1S/C16H22BrNO2/c1-20-12-7-8-14(17)11(9-12)10-16(19)13-5-3-2-4-6-15(13)18/h7-9,13,15H,2-6,10,18H2,1H3. The second-order valence-electron chi connectivity index (χ2n) is 5.51. The molecule has 1 aliphatic rings. The minimum Gasteiger partial charge on any atom is -0.497 e. The van der Waals surface area contributed by atoms with Crippen LogP contribution in [0.1, 0.15) is 37.7 Å². The fraction of sp³-hybridized carbons (Fsp3) is 0.562. The minimum absolute atomic E-state index is 0.00982. The molecule has 0 amide bonds. The summed E-state index contributed by atoms with van der Waals surface area (Å²) >= 11 is 3.50. The van der Waals surface area contributed by atoms with E-state index in [2.05, 4.69) is 15.9 Å². The molecule has 1 saturated carbocycles. The molecule has 0 saturated heterocycles. The third-order valence-corrected chi connectivity index (χ3v) is 4.87. The molecule has 0 bridgehead atoms. The van der Waals surface area contributed by atoms with E-state index in [0.29, 0.717) is 6.42 Å². The van der Waals surface area contributed by atoms with Crippen LogP contribution in [0.4, 0.5) is 0 Å². The molecular formula is C16H22BrNO2. The number of hydrogen-bond donors (Lipinski definition) is 1. The number of carbonyl (C=O) groups is 1. The van der Waals surface area contributed by atoms with Gasteiger partial charge in [0.1, 0.15) is 11.5 Å². The van der Waals surface area contributed by atoms with E-state index in [4.69, 9.17) is 10.5 Å². The second kappa shape index (κ2) is 7.23. The quantitative estimate of drug-likeness (QED) is 0.854. The van der Waals surface area contributed by atoms with Crippen LogP contribution in [-0.2, 0) is 11.2 Å². The zero-order valence-electron chi connectivity index (χ0n) is 11.9. The van der Waals surface area contributed by atoms with Gasteiger partial charge in [0.2, 0.25) is 0 Å². The molecule has 110 valence electrons. The number of ether oxygens (including phenoxy) is 1. The van der Waals surface area contributed by atoms with E-state index < -0.39 is 0 Å². The molecule has 3 nitrogen and oxygen atoms in total. The molecule has 4 heteroatoms. The molecule has 0 aromatic heterocycles. The molecular weight excluding hydrogens is 318 g/mol. The van der Waals surface area contributed by atoms with E-state index in [9.17, 15) is 4.79 Å². The lowest BCUT2D eigenvalue weighted by Gasteiger charge is -2.20. The summed E-state index contributed by atoms with van der Waals surface area (Å²) in [6.45, 7) is 0. The lowest BCUT2D eigenvalue weighted by molar-refractivity contribution is -0.123. The number of halogens is 1. The third-order valence-electron chi connectivity index (χ3n) is 4.10. The topological polar surface area (TPSA) is 52.3 Å². The first-order valence-corrected chi connectivity index (χ1v) is 8.02. The van der Waals surface area contributed by atoms with E-state index in [-0.39, 0.29) is 17.7 Å². The van der Waals surface area contributed by atoms with Crippen molar-refractivity contribution in [2.75, 3.05) is 7.11 Å². The molecule has 0 heterocycles. The number of hydrogen-bond acceptors (Lipinski definition) is 3. The Morgan fingerprint density at radius 1 is 1.35 bits per heavy atom. The number of Topliss-reactive ketones (excluding diaryl/α,β-unsaturated/α-hetero) is 1. The second-order valence-corrected chi connectivity index (χ2v) is 6.36.